The number of nitrogens with zero attached hydrogens (tertiary/aromatic N) is 4. The summed E-state index contributed by atoms with van der Waals surface area (Å²) in [4.78, 5) is 17.6. The lowest BCUT2D eigenvalue weighted by molar-refractivity contribution is 0.143. The number of nitrogens with one attached hydrogen (secondary N) is 1. The zero-order valence-corrected chi connectivity index (χ0v) is 19.9. The number of ether oxygens (including phenoxy) is 2. The molecule has 0 radical (unpaired) electrons. The highest BCUT2D eigenvalue weighted by Crippen LogP contribution is 2.29. The molecular weight excluding hydrogens is 438 g/mol. The van der Waals surface area contributed by atoms with E-state index in [-0.39, 0.29) is 23.5 Å². The van der Waals surface area contributed by atoms with E-state index in [2.05, 4.69) is 21.4 Å². The lowest BCUT2D eigenvalue weighted by Gasteiger charge is -2.13. The molecule has 1 atom stereocenters. The van der Waals surface area contributed by atoms with E-state index < -0.39 is 0 Å². The maximum absolute atomic E-state index is 12.9. The molecule has 8 nitrogen and oxygen atoms in total. The SMILES string of the molecule is COC1C=CC(c2csc(Cn3[nH]c(C)c(N=Nc4ccccc4OC(C)C)c3=O)n2)=CC1. The Morgan fingerprint density at radius 1 is 1.30 bits per heavy atom. The van der Waals surface area contributed by atoms with E-state index in [1.54, 1.807) is 14.0 Å². The first-order valence-corrected chi connectivity index (χ1v) is 11.7. The van der Waals surface area contributed by atoms with Crippen molar-refractivity contribution in [1.29, 1.82) is 0 Å². The van der Waals surface area contributed by atoms with E-state index in [0.717, 1.165) is 22.7 Å². The van der Waals surface area contributed by atoms with E-state index in [1.807, 2.05) is 55.6 Å². The summed E-state index contributed by atoms with van der Waals surface area (Å²) in [6.07, 6.45) is 7.14. The zero-order valence-electron chi connectivity index (χ0n) is 19.1. The smallest absolute Gasteiger partial charge is 0.294 e. The summed E-state index contributed by atoms with van der Waals surface area (Å²) >= 11 is 1.52. The first-order chi connectivity index (χ1) is 15.9. The molecule has 1 N–H and O–H groups in total. The third-order valence-corrected chi connectivity index (χ3v) is 5.93. The maximum atomic E-state index is 12.9. The number of hydrogen-bond donors (Lipinski definition) is 1. The first kappa shape index (κ1) is 22.9. The summed E-state index contributed by atoms with van der Waals surface area (Å²) in [6, 6.07) is 7.38. The molecule has 4 rings (SSSR count). The van der Waals surface area contributed by atoms with Gasteiger partial charge in [0.1, 0.15) is 16.4 Å². The van der Waals surface area contributed by atoms with Gasteiger partial charge in [0.2, 0.25) is 0 Å². The van der Waals surface area contributed by atoms with Gasteiger partial charge in [0, 0.05) is 12.5 Å². The molecular formula is C24H27N5O3S. The number of azo groups is 1. The van der Waals surface area contributed by atoms with Gasteiger partial charge in [-0.3, -0.25) is 9.89 Å². The second-order valence-corrected chi connectivity index (χ2v) is 8.91. The minimum Gasteiger partial charge on any atom is -0.489 e. The molecule has 2 aromatic heterocycles. The van der Waals surface area contributed by atoms with Gasteiger partial charge >= 0.3 is 0 Å². The normalized spacial score (nSPS) is 16.0. The highest BCUT2D eigenvalue weighted by Gasteiger charge is 2.15. The fourth-order valence-electron chi connectivity index (χ4n) is 3.44. The van der Waals surface area contributed by atoms with Crippen LogP contribution in [0.2, 0.25) is 0 Å². The van der Waals surface area contributed by atoms with Crippen molar-refractivity contribution in [1.82, 2.24) is 14.8 Å². The van der Waals surface area contributed by atoms with E-state index >= 15 is 0 Å². The van der Waals surface area contributed by atoms with E-state index in [4.69, 9.17) is 14.5 Å². The maximum Gasteiger partial charge on any atom is 0.294 e. The van der Waals surface area contributed by atoms with Crippen LogP contribution in [0.5, 0.6) is 5.75 Å². The van der Waals surface area contributed by atoms with Gasteiger partial charge in [-0.25, -0.2) is 9.67 Å². The van der Waals surface area contributed by atoms with Gasteiger partial charge in [-0.05, 0) is 44.9 Å². The molecule has 0 amide bonds. The largest absolute Gasteiger partial charge is 0.489 e. The van der Waals surface area contributed by atoms with Crippen LogP contribution in [0.4, 0.5) is 11.4 Å². The highest BCUT2D eigenvalue weighted by molar-refractivity contribution is 7.09. The van der Waals surface area contributed by atoms with Gasteiger partial charge in [-0.1, -0.05) is 30.4 Å². The van der Waals surface area contributed by atoms with Crippen molar-refractivity contribution in [2.24, 2.45) is 10.2 Å². The number of aryl methyl sites for hydroxylation is 1. The van der Waals surface area contributed by atoms with Crippen LogP contribution in [0.1, 0.15) is 36.7 Å². The van der Waals surface area contributed by atoms with E-state index in [9.17, 15) is 4.79 Å². The van der Waals surface area contributed by atoms with Crippen LogP contribution < -0.4 is 10.3 Å². The molecule has 1 unspecified atom stereocenters. The first-order valence-electron chi connectivity index (χ1n) is 10.8. The Labute approximate surface area is 196 Å². The fourth-order valence-corrected chi connectivity index (χ4v) is 4.23. The standard InChI is InChI=1S/C24H27N5O3S/c1-15(2)32-21-8-6-5-7-19(21)26-27-23-16(3)28-29(24(23)30)13-22-25-20(14-33-22)17-9-11-18(31-4)12-10-17/h5-11,14-15,18,28H,12-13H2,1-4H3. The number of para-hydroxylation sites is 1. The number of hydrogen-bond acceptors (Lipinski definition) is 7. The molecule has 0 spiro atoms. The molecule has 0 bridgehead atoms. The molecule has 0 saturated carbocycles. The predicted molar refractivity (Wildman–Crippen MR) is 130 cm³/mol. The number of aromatic nitrogens is 3. The van der Waals surface area contributed by atoms with Gasteiger partial charge in [-0.15, -0.1) is 21.6 Å². The molecule has 1 aliphatic rings. The number of methoxy groups -OCH3 is 1. The van der Waals surface area contributed by atoms with Crippen molar-refractivity contribution in [3.8, 4) is 5.75 Å². The van der Waals surface area contributed by atoms with Crippen LogP contribution in [0.3, 0.4) is 0 Å². The number of allylic oxidation sites excluding steroid dienone is 2. The van der Waals surface area contributed by atoms with Crippen molar-refractivity contribution in [3.05, 3.63) is 74.6 Å². The summed E-state index contributed by atoms with van der Waals surface area (Å²) in [5.41, 5.74) is 3.22. The number of H-pyrrole nitrogens is 1. The van der Waals surface area contributed by atoms with Crippen LogP contribution in [-0.4, -0.2) is 34.1 Å². The number of benzene rings is 1. The van der Waals surface area contributed by atoms with Crippen LogP contribution in [-0.2, 0) is 11.3 Å². The summed E-state index contributed by atoms with van der Waals surface area (Å²) in [7, 11) is 1.71. The molecule has 0 fully saturated rings. The summed E-state index contributed by atoms with van der Waals surface area (Å²) in [6.45, 7) is 6.04. The Morgan fingerprint density at radius 2 is 2.12 bits per heavy atom. The van der Waals surface area contributed by atoms with Crippen molar-refractivity contribution >= 4 is 28.3 Å². The van der Waals surface area contributed by atoms with Crippen LogP contribution in [0, 0.1) is 6.92 Å². The molecule has 1 aromatic carbocycles. The fraction of sp³-hybridized carbons (Fsp3) is 0.333. The van der Waals surface area contributed by atoms with Gasteiger partial charge in [0.15, 0.2) is 5.69 Å². The Morgan fingerprint density at radius 3 is 2.85 bits per heavy atom. The second-order valence-electron chi connectivity index (χ2n) is 7.97. The molecule has 172 valence electrons. The minimum absolute atomic E-state index is 0.0111. The third kappa shape index (κ3) is 5.37. The number of aromatic amines is 1. The van der Waals surface area contributed by atoms with Gasteiger partial charge < -0.3 is 9.47 Å². The van der Waals surface area contributed by atoms with Crippen molar-refractivity contribution < 1.29 is 9.47 Å². The zero-order chi connectivity index (χ0) is 23.4. The monoisotopic (exact) mass is 465 g/mol. The molecule has 2 heterocycles. The topological polar surface area (TPSA) is 93.9 Å². The summed E-state index contributed by atoms with van der Waals surface area (Å²) in [5.74, 6) is 0.628. The minimum atomic E-state index is -0.241. The van der Waals surface area contributed by atoms with Gasteiger partial charge in [-0.2, -0.15) is 0 Å². The Bertz CT molecular complexity index is 1270. The molecule has 0 saturated heterocycles. The molecule has 1 aliphatic carbocycles. The van der Waals surface area contributed by atoms with Gasteiger partial charge in [0.25, 0.3) is 5.56 Å². The van der Waals surface area contributed by atoms with Crippen LogP contribution >= 0.6 is 11.3 Å². The Balaban J connectivity index is 1.51. The van der Waals surface area contributed by atoms with Crippen molar-refractivity contribution in [3.63, 3.8) is 0 Å². The van der Waals surface area contributed by atoms with Gasteiger partial charge in [0.05, 0.1) is 30.1 Å². The predicted octanol–water partition coefficient (Wildman–Crippen LogP) is 5.55. The lowest BCUT2D eigenvalue weighted by atomic mass is 10.0. The van der Waals surface area contributed by atoms with Crippen molar-refractivity contribution in [2.45, 2.75) is 45.9 Å². The van der Waals surface area contributed by atoms with Crippen molar-refractivity contribution in [2.75, 3.05) is 7.11 Å². The summed E-state index contributed by atoms with van der Waals surface area (Å²) in [5, 5.41) is 14.4. The highest BCUT2D eigenvalue weighted by atomic mass is 32.1. The quantitative estimate of drug-likeness (QED) is 0.441. The van der Waals surface area contributed by atoms with E-state index in [1.165, 1.54) is 16.0 Å². The third-order valence-electron chi connectivity index (χ3n) is 5.10. The lowest BCUT2D eigenvalue weighted by Crippen LogP contribution is -2.17. The Kier molecular flexibility index (Phi) is 7.00. The average molecular weight is 466 g/mol. The number of rotatable bonds is 8. The number of thiazole rings is 1. The van der Waals surface area contributed by atoms with E-state index in [0.29, 0.717) is 23.7 Å². The average Bonchev–Trinajstić information content (AvgIpc) is 3.37. The summed E-state index contributed by atoms with van der Waals surface area (Å²) < 4.78 is 12.6. The van der Waals surface area contributed by atoms with Crippen LogP contribution in [0.25, 0.3) is 5.57 Å². The molecule has 33 heavy (non-hydrogen) atoms. The van der Waals surface area contributed by atoms with Crippen LogP contribution in [0.15, 0.2) is 62.9 Å². The molecule has 0 aliphatic heterocycles. The Hall–Kier alpha value is -3.30. The molecule has 9 heteroatoms. The molecule has 3 aromatic rings. The second kappa shape index (κ2) is 10.1.